The molecule has 2 aromatic heterocycles. The van der Waals surface area contributed by atoms with Crippen molar-refractivity contribution in [1.29, 1.82) is 0 Å². The van der Waals surface area contributed by atoms with Gasteiger partial charge in [0.1, 0.15) is 5.75 Å². The van der Waals surface area contributed by atoms with E-state index in [4.69, 9.17) is 9.15 Å². The third-order valence-electron chi connectivity index (χ3n) is 2.98. The Morgan fingerprint density at radius 3 is 2.52 bits per heavy atom. The Bertz CT molecular complexity index is 785. The standard InChI is InChI=1S/C16H14N4O3/c1-11-19-20-15(23-11)10-22-14-4-2-13(3-5-14)18-16(21)12-6-8-17-9-7-12/h2-9H,10H2,1H3,(H,18,21). The number of aromatic nitrogens is 3. The fourth-order valence-corrected chi connectivity index (χ4v) is 1.88. The summed E-state index contributed by atoms with van der Waals surface area (Å²) in [7, 11) is 0. The monoisotopic (exact) mass is 310 g/mol. The zero-order valence-corrected chi connectivity index (χ0v) is 12.4. The van der Waals surface area contributed by atoms with Gasteiger partial charge in [-0.25, -0.2) is 0 Å². The Morgan fingerprint density at radius 1 is 1.13 bits per heavy atom. The number of carbonyl (C=O) groups excluding carboxylic acids is 1. The summed E-state index contributed by atoms with van der Waals surface area (Å²) in [6.45, 7) is 1.92. The molecule has 0 saturated carbocycles. The van der Waals surface area contributed by atoms with E-state index in [0.717, 1.165) is 0 Å². The van der Waals surface area contributed by atoms with Crippen molar-refractivity contribution in [3.05, 3.63) is 66.1 Å². The second-order valence-corrected chi connectivity index (χ2v) is 4.72. The first kappa shape index (κ1) is 14.7. The topological polar surface area (TPSA) is 90.1 Å². The second-order valence-electron chi connectivity index (χ2n) is 4.72. The number of hydrogen-bond donors (Lipinski definition) is 1. The van der Waals surface area contributed by atoms with Crippen molar-refractivity contribution < 1.29 is 13.9 Å². The van der Waals surface area contributed by atoms with Crippen LogP contribution in [0.3, 0.4) is 0 Å². The van der Waals surface area contributed by atoms with Crippen LogP contribution in [0.5, 0.6) is 5.75 Å². The Hall–Kier alpha value is -3.22. The van der Waals surface area contributed by atoms with Crippen LogP contribution < -0.4 is 10.1 Å². The number of ether oxygens (including phenoxy) is 1. The lowest BCUT2D eigenvalue weighted by molar-refractivity contribution is 0.102. The zero-order chi connectivity index (χ0) is 16.1. The first-order valence-electron chi connectivity index (χ1n) is 6.94. The minimum atomic E-state index is -0.192. The highest BCUT2D eigenvalue weighted by Crippen LogP contribution is 2.17. The fraction of sp³-hybridized carbons (Fsp3) is 0.125. The normalized spacial score (nSPS) is 10.3. The molecule has 7 heteroatoms. The number of nitrogens with zero attached hydrogens (tertiary/aromatic N) is 3. The summed E-state index contributed by atoms with van der Waals surface area (Å²) in [5.41, 5.74) is 1.22. The van der Waals surface area contributed by atoms with Crippen LogP contribution in [0.25, 0.3) is 0 Å². The fourth-order valence-electron chi connectivity index (χ4n) is 1.88. The van der Waals surface area contributed by atoms with Crippen LogP contribution >= 0.6 is 0 Å². The number of benzene rings is 1. The minimum absolute atomic E-state index is 0.192. The Labute approximate surface area is 132 Å². The van der Waals surface area contributed by atoms with Crippen molar-refractivity contribution in [1.82, 2.24) is 15.2 Å². The summed E-state index contributed by atoms with van der Waals surface area (Å²) in [5, 5.41) is 10.4. The van der Waals surface area contributed by atoms with Crippen LogP contribution in [0, 0.1) is 6.92 Å². The molecule has 1 amide bonds. The molecule has 1 aromatic carbocycles. The van der Waals surface area contributed by atoms with Gasteiger partial charge in [-0.15, -0.1) is 10.2 Å². The second kappa shape index (κ2) is 6.69. The van der Waals surface area contributed by atoms with Gasteiger partial charge in [0.15, 0.2) is 6.61 Å². The number of aryl methyl sites for hydroxylation is 1. The smallest absolute Gasteiger partial charge is 0.255 e. The predicted molar refractivity (Wildman–Crippen MR) is 82.0 cm³/mol. The van der Waals surface area contributed by atoms with Crippen molar-refractivity contribution in [3.63, 3.8) is 0 Å². The molecule has 0 atom stereocenters. The molecule has 0 bridgehead atoms. The highest BCUT2D eigenvalue weighted by molar-refractivity contribution is 6.04. The van der Waals surface area contributed by atoms with E-state index in [-0.39, 0.29) is 12.5 Å². The third kappa shape index (κ3) is 3.91. The molecular weight excluding hydrogens is 296 g/mol. The van der Waals surface area contributed by atoms with E-state index in [1.54, 1.807) is 55.7 Å². The Balaban J connectivity index is 1.57. The van der Waals surface area contributed by atoms with Crippen molar-refractivity contribution in [2.24, 2.45) is 0 Å². The van der Waals surface area contributed by atoms with Crippen LogP contribution in [-0.4, -0.2) is 21.1 Å². The van der Waals surface area contributed by atoms with Gasteiger partial charge >= 0.3 is 0 Å². The number of rotatable bonds is 5. The Kier molecular flexibility index (Phi) is 4.28. The van der Waals surface area contributed by atoms with E-state index in [0.29, 0.717) is 28.8 Å². The van der Waals surface area contributed by atoms with Crippen molar-refractivity contribution >= 4 is 11.6 Å². The molecular formula is C16H14N4O3. The molecule has 2 heterocycles. The quantitative estimate of drug-likeness (QED) is 0.779. The molecule has 0 spiro atoms. The molecule has 0 fully saturated rings. The lowest BCUT2D eigenvalue weighted by atomic mass is 10.2. The summed E-state index contributed by atoms with van der Waals surface area (Å²) in [5.74, 6) is 1.36. The number of nitrogens with one attached hydrogen (secondary N) is 1. The van der Waals surface area contributed by atoms with Crippen LogP contribution in [0.15, 0.2) is 53.2 Å². The highest BCUT2D eigenvalue weighted by Gasteiger charge is 2.06. The van der Waals surface area contributed by atoms with Gasteiger partial charge in [0.05, 0.1) is 0 Å². The van der Waals surface area contributed by atoms with Gasteiger partial charge in [-0.2, -0.15) is 0 Å². The minimum Gasteiger partial charge on any atom is -0.484 e. The molecule has 116 valence electrons. The van der Waals surface area contributed by atoms with Gasteiger partial charge in [0.2, 0.25) is 5.89 Å². The number of anilines is 1. The average molecular weight is 310 g/mol. The van der Waals surface area contributed by atoms with E-state index in [1.165, 1.54) is 0 Å². The van der Waals surface area contributed by atoms with Crippen LogP contribution in [0.1, 0.15) is 22.1 Å². The molecule has 3 aromatic rings. The molecule has 3 rings (SSSR count). The van der Waals surface area contributed by atoms with E-state index >= 15 is 0 Å². The number of carbonyl (C=O) groups is 1. The van der Waals surface area contributed by atoms with E-state index in [9.17, 15) is 4.79 Å². The van der Waals surface area contributed by atoms with E-state index in [1.807, 2.05) is 0 Å². The first-order chi connectivity index (χ1) is 11.2. The molecule has 0 radical (unpaired) electrons. The van der Waals surface area contributed by atoms with Gasteiger partial charge in [0, 0.05) is 30.6 Å². The van der Waals surface area contributed by atoms with Crippen LogP contribution in [0.2, 0.25) is 0 Å². The third-order valence-corrected chi connectivity index (χ3v) is 2.98. The molecule has 0 aliphatic rings. The Morgan fingerprint density at radius 2 is 1.87 bits per heavy atom. The zero-order valence-electron chi connectivity index (χ0n) is 12.4. The maximum atomic E-state index is 12.0. The largest absolute Gasteiger partial charge is 0.484 e. The summed E-state index contributed by atoms with van der Waals surface area (Å²) in [6.07, 6.45) is 3.15. The molecule has 23 heavy (non-hydrogen) atoms. The maximum absolute atomic E-state index is 12.0. The molecule has 0 unspecified atom stereocenters. The number of hydrogen-bond acceptors (Lipinski definition) is 6. The molecule has 0 aliphatic carbocycles. The summed E-state index contributed by atoms with van der Waals surface area (Å²) >= 11 is 0. The molecule has 1 N–H and O–H groups in total. The summed E-state index contributed by atoms with van der Waals surface area (Å²) in [6, 6.07) is 10.3. The van der Waals surface area contributed by atoms with E-state index < -0.39 is 0 Å². The van der Waals surface area contributed by atoms with Gasteiger partial charge in [-0.1, -0.05) is 0 Å². The van der Waals surface area contributed by atoms with Gasteiger partial charge < -0.3 is 14.5 Å². The first-order valence-corrected chi connectivity index (χ1v) is 6.94. The molecule has 7 nitrogen and oxygen atoms in total. The number of pyridine rings is 1. The van der Waals surface area contributed by atoms with Crippen molar-refractivity contribution in [2.75, 3.05) is 5.32 Å². The summed E-state index contributed by atoms with van der Waals surface area (Å²) in [4.78, 5) is 15.9. The molecule has 0 saturated heterocycles. The van der Waals surface area contributed by atoms with Gasteiger partial charge in [-0.05, 0) is 36.4 Å². The van der Waals surface area contributed by atoms with Crippen LogP contribution in [-0.2, 0) is 6.61 Å². The summed E-state index contributed by atoms with van der Waals surface area (Å²) < 4.78 is 10.8. The van der Waals surface area contributed by atoms with E-state index in [2.05, 4.69) is 20.5 Å². The van der Waals surface area contributed by atoms with Crippen molar-refractivity contribution in [3.8, 4) is 5.75 Å². The van der Waals surface area contributed by atoms with Crippen LogP contribution in [0.4, 0.5) is 5.69 Å². The van der Waals surface area contributed by atoms with Gasteiger partial charge in [-0.3, -0.25) is 9.78 Å². The SMILES string of the molecule is Cc1nnc(COc2ccc(NC(=O)c3ccncc3)cc2)o1. The van der Waals surface area contributed by atoms with Crippen molar-refractivity contribution in [2.45, 2.75) is 13.5 Å². The molecule has 0 aliphatic heterocycles. The highest BCUT2D eigenvalue weighted by atomic mass is 16.5. The lowest BCUT2D eigenvalue weighted by Crippen LogP contribution is -2.11. The average Bonchev–Trinajstić information content (AvgIpc) is 3.00. The predicted octanol–water partition coefficient (Wildman–Crippen LogP) is 2.60. The number of amides is 1. The maximum Gasteiger partial charge on any atom is 0.255 e. The van der Waals surface area contributed by atoms with Gasteiger partial charge in [0.25, 0.3) is 11.8 Å². The lowest BCUT2D eigenvalue weighted by Gasteiger charge is -2.07.